The van der Waals surface area contributed by atoms with Crippen molar-refractivity contribution in [1.29, 1.82) is 0 Å². The lowest BCUT2D eigenvalue weighted by Crippen LogP contribution is -2.20. The molecule has 0 bridgehead atoms. The van der Waals surface area contributed by atoms with Crippen molar-refractivity contribution in [3.63, 3.8) is 0 Å². The monoisotopic (exact) mass is 232 g/mol. The van der Waals surface area contributed by atoms with Crippen molar-refractivity contribution >= 4 is 0 Å². The zero-order valence-corrected chi connectivity index (χ0v) is 9.63. The molecule has 0 aromatic rings. The van der Waals surface area contributed by atoms with Crippen molar-refractivity contribution < 1.29 is 24.1 Å². The van der Waals surface area contributed by atoms with E-state index in [-0.39, 0.29) is 18.3 Å². The number of hydrogen-bond donors (Lipinski definition) is 1. The van der Waals surface area contributed by atoms with Gasteiger partial charge in [-0.2, -0.15) is 0 Å². The predicted octanol–water partition coefficient (Wildman–Crippen LogP) is 0.367. The van der Waals surface area contributed by atoms with Gasteiger partial charge in [-0.1, -0.05) is 6.92 Å². The highest BCUT2D eigenvalue weighted by molar-refractivity contribution is 4.81. The Kier molecular flexibility index (Phi) is 4.55. The highest BCUT2D eigenvalue weighted by atomic mass is 16.7. The Morgan fingerprint density at radius 1 is 1.06 bits per heavy atom. The highest BCUT2D eigenvalue weighted by Gasteiger charge is 2.40. The van der Waals surface area contributed by atoms with Gasteiger partial charge in [-0.3, -0.25) is 0 Å². The average molecular weight is 232 g/mol. The molecule has 3 aliphatic heterocycles. The molecule has 3 atom stereocenters. The fourth-order valence-electron chi connectivity index (χ4n) is 2.05. The van der Waals surface area contributed by atoms with E-state index in [0.717, 1.165) is 26.2 Å². The number of aliphatic hydroxyl groups is 1. The lowest BCUT2D eigenvalue weighted by molar-refractivity contribution is -0.121. The summed E-state index contributed by atoms with van der Waals surface area (Å²) in [5, 5.41) is 9.19. The van der Waals surface area contributed by atoms with Gasteiger partial charge in [0, 0.05) is 11.8 Å². The first-order valence-corrected chi connectivity index (χ1v) is 5.84. The Morgan fingerprint density at radius 2 is 1.81 bits per heavy atom. The van der Waals surface area contributed by atoms with Crippen LogP contribution in [0.15, 0.2) is 0 Å². The summed E-state index contributed by atoms with van der Waals surface area (Å²) in [5.41, 5.74) is 0. The molecule has 3 saturated heterocycles. The van der Waals surface area contributed by atoms with Crippen LogP contribution in [0.5, 0.6) is 0 Å². The highest BCUT2D eigenvalue weighted by Crippen LogP contribution is 2.30. The van der Waals surface area contributed by atoms with Gasteiger partial charge in [0.1, 0.15) is 6.79 Å². The molecule has 3 heterocycles. The van der Waals surface area contributed by atoms with Gasteiger partial charge in [0.15, 0.2) is 6.29 Å². The van der Waals surface area contributed by atoms with Gasteiger partial charge in [-0.25, -0.2) is 0 Å². The summed E-state index contributed by atoms with van der Waals surface area (Å²) in [6, 6.07) is 0. The summed E-state index contributed by atoms with van der Waals surface area (Å²) in [4.78, 5) is 0. The summed E-state index contributed by atoms with van der Waals surface area (Å²) in [6.07, 6.45) is 0.573. The van der Waals surface area contributed by atoms with E-state index in [4.69, 9.17) is 18.9 Å². The van der Waals surface area contributed by atoms with Gasteiger partial charge in [0.05, 0.1) is 32.5 Å². The molecule has 1 N–H and O–H groups in total. The number of aliphatic hydroxyl groups excluding tert-OH is 1. The van der Waals surface area contributed by atoms with Gasteiger partial charge in [-0.05, 0) is 6.42 Å². The summed E-state index contributed by atoms with van der Waals surface area (Å²) in [6.45, 7) is 5.52. The SMILES string of the molecule is CC1COCOC1.O[C@H]1CO[C@H]2OCC[C@H]21. The predicted molar refractivity (Wildman–Crippen MR) is 55.7 cm³/mol. The first-order valence-electron chi connectivity index (χ1n) is 5.84. The van der Waals surface area contributed by atoms with E-state index in [9.17, 15) is 5.11 Å². The van der Waals surface area contributed by atoms with Crippen molar-refractivity contribution in [2.24, 2.45) is 11.8 Å². The first-order chi connectivity index (χ1) is 7.77. The van der Waals surface area contributed by atoms with Gasteiger partial charge < -0.3 is 24.1 Å². The number of fused-ring (bicyclic) bond motifs is 1. The third-order valence-electron chi connectivity index (χ3n) is 2.98. The minimum absolute atomic E-state index is 0.0972. The van der Waals surface area contributed by atoms with Gasteiger partial charge in [0.25, 0.3) is 0 Å². The number of hydrogen-bond acceptors (Lipinski definition) is 5. The normalized spacial score (nSPS) is 39.0. The van der Waals surface area contributed by atoms with Gasteiger partial charge in [0.2, 0.25) is 0 Å². The van der Waals surface area contributed by atoms with Crippen LogP contribution in [0.4, 0.5) is 0 Å². The topological polar surface area (TPSA) is 57.2 Å². The molecule has 16 heavy (non-hydrogen) atoms. The fourth-order valence-corrected chi connectivity index (χ4v) is 2.05. The standard InChI is InChI=1S/C6H10O3.C5H10O2/c7-5-3-9-6-4(5)1-2-8-6;1-5-2-6-4-7-3-5/h4-7H,1-3H2;5H,2-4H2,1H3/t4-,5-,6+;/m0./s1. The van der Waals surface area contributed by atoms with Crippen LogP contribution in [0.1, 0.15) is 13.3 Å². The maximum absolute atomic E-state index is 9.19. The minimum Gasteiger partial charge on any atom is -0.390 e. The van der Waals surface area contributed by atoms with Crippen molar-refractivity contribution in [3.8, 4) is 0 Å². The second kappa shape index (κ2) is 5.93. The molecule has 5 nitrogen and oxygen atoms in total. The maximum Gasteiger partial charge on any atom is 0.163 e. The minimum atomic E-state index is -0.280. The number of rotatable bonds is 0. The fraction of sp³-hybridized carbons (Fsp3) is 1.00. The Labute approximate surface area is 95.6 Å². The van der Waals surface area contributed by atoms with Crippen molar-refractivity contribution in [3.05, 3.63) is 0 Å². The maximum atomic E-state index is 9.19. The van der Waals surface area contributed by atoms with E-state index >= 15 is 0 Å². The molecular formula is C11H20O5. The molecule has 0 saturated carbocycles. The lowest BCUT2D eigenvalue weighted by Gasteiger charge is -2.17. The average Bonchev–Trinajstić information content (AvgIpc) is 2.87. The zero-order valence-electron chi connectivity index (χ0n) is 9.63. The molecule has 5 heteroatoms. The van der Waals surface area contributed by atoms with Crippen LogP contribution in [0.25, 0.3) is 0 Å². The quantitative estimate of drug-likeness (QED) is 0.654. The smallest absolute Gasteiger partial charge is 0.163 e. The molecule has 0 aliphatic carbocycles. The Bertz CT molecular complexity index is 205. The van der Waals surface area contributed by atoms with Gasteiger partial charge in [-0.15, -0.1) is 0 Å². The van der Waals surface area contributed by atoms with Gasteiger partial charge >= 0.3 is 0 Å². The lowest BCUT2D eigenvalue weighted by atomic mass is 10.0. The van der Waals surface area contributed by atoms with E-state index in [0.29, 0.717) is 19.3 Å². The molecule has 3 aliphatic rings. The van der Waals surface area contributed by atoms with Crippen LogP contribution in [0.2, 0.25) is 0 Å². The van der Waals surface area contributed by atoms with Crippen LogP contribution in [0.3, 0.4) is 0 Å². The van der Waals surface area contributed by atoms with Crippen LogP contribution in [0, 0.1) is 11.8 Å². The third-order valence-corrected chi connectivity index (χ3v) is 2.98. The molecule has 0 spiro atoms. The molecule has 0 aromatic carbocycles. The molecular weight excluding hydrogens is 212 g/mol. The molecule has 3 fully saturated rings. The van der Waals surface area contributed by atoms with Crippen LogP contribution >= 0.6 is 0 Å². The van der Waals surface area contributed by atoms with E-state index in [1.165, 1.54) is 0 Å². The van der Waals surface area contributed by atoms with Crippen LogP contribution < -0.4 is 0 Å². The summed E-state index contributed by atoms with van der Waals surface area (Å²) in [5.74, 6) is 0.846. The van der Waals surface area contributed by atoms with E-state index < -0.39 is 0 Å². The van der Waals surface area contributed by atoms with Crippen molar-refractivity contribution in [1.82, 2.24) is 0 Å². The first kappa shape index (κ1) is 12.3. The largest absolute Gasteiger partial charge is 0.390 e. The molecule has 0 radical (unpaired) electrons. The molecule has 0 aromatic heterocycles. The molecule has 0 amide bonds. The second-order valence-electron chi connectivity index (χ2n) is 4.56. The summed E-state index contributed by atoms with van der Waals surface area (Å²) >= 11 is 0. The Hall–Kier alpha value is -0.200. The molecule has 3 rings (SSSR count). The van der Waals surface area contributed by atoms with E-state index in [1.807, 2.05) is 0 Å². The Morgan fingerprint density at radius 3 is 2.38 bits per heavy atom. The zero-order chi connectivity index (χ0) is 11.4. The van der Waals surface area contributed by atoms with Crippen molar-refractivity contribution in [2.45, 2.75) is 25.7 Å². The number of ether oxygens (including phenoxy) is 4. The third kappa shape index (κ3) is 3.15. The molecule has 0 unspecified atom stereocenters. The second-order valence-corrected chi connectivity index (χ2v) is 4.56. The summed E-state index contributed by atoms with van der Waals surface area (Å²) in [7, 11) is 0. The molecule has 94 valence electrons. The Balaban J connectivity index is 0.000000125. The van der Waals surface area contributed by atoms with Crippen LogP contribution in [-0.4, -0.2) is 50.7 Å². The van der Waals surface area contributed by atoms with Crippen molar-refractivity contribution in [2.75, 3.05) is 33.2 Å². The summed E-state index contributed by atoms with van der Waals surface area (Å²) < 4.78 is 20.2. The van der Waals surface area contributed by atoms with E-state index in [2.05, 4.69) is 6.92 Å². The van der Waals surface area contributed by atoms with E-state index in [1.54, 1.807) is 0 Å². The van der Waals surface area contributed by atoms with Crippen LogP contribution in [-0.2, 0) is 18.9 Å².